The van der Waals surface area contributed by atoms with E-state index in [1.54, 1.807) is 23.5 Å². The summed E-state index contributed by atoms with van der Waals surface area (Å²) in [5.74, 6) is -0.00774. The maximum Gasteiger partial charge on any atom is 0.266 e. The van der Waals surface area contributed by atoms with Crippen LogP contribution in [0.2, 0.25) is 0 Å². The van der Waals surface area contributed by atoms with Crippen LogP contribution in [0.25, 0.3) is 0 Å². The van der Waals surface area contributed by atoms with Crippen molar-refractivity contribution in [3.63, 3.8) is 0 Å². The van der Waals surface area contributed by atoms with Crippen molar-refractivity contribution < 1.29 is 9.18 Å². The van der Waals surface area contributed by atoms with Crippen LogP contribution in [0.15, 0.2) is 59.7 Å². The van der Waals surface area contributed by atoms with Gasteiger partial charge in [0.05, 0.1) is 28.7 Å². The molecule has 3 aliphatic heterocycles. The molecule has 6 nitrogen and oxygen atoms in total. The Kier molecular flexibility index (Phi) is 4.52. The summed E-state index contributed by atoms with van der Waals surface area (Å²) in [5.41, 5.74) is 2.64. The number of halogens is 1. The second kappa shape index (κ2) is 7.18. The number of thioether (sulfide) groups is 1. The van der Waals surface area contributed by atoms with Gasteiger partial charge in [-0.05, 0) is 30.7 Å². The summed E-state index contributed by atoms with van der Waals surface area (Å²) in [5, 5.41) is 0. The standard InChI is InChI=1S/C20H20FN5OS/c21-14-5-9-24(13-14)20-26(16-4-2-8-23-12-16)17-6-10-25(19(27)18(17)28-20)15-3-1-7-22-11-15/h1-4,7-8,11-12,14,20H,5-6,9-10,13H2/t14-,20?/m1/s1. The highest BCUT2D eigenvalue weighted by molar-refractivity contribution is 8.05. The fourth-order valence-corrected chi connectivity index (χ4v) is 5.49. The van der Waals surface area contributed by atoms with E-state index in [9.17, 15) is 9.18 Å². The van der Waals surface area contributed by atoms with E-state index < -0.39 is 6.17 Å². The number of pyridine rings is 2. The van der Waals surface area contributed by atoms with Gasteiger partial charge in [-0.2, -0.15) is 0 Å². The van der Waals surface area contributed by atoms with Crippen molar-refractivity contribution in [1.29, 1.82) is 0 Å². The lowest BCUT2D eigenvalue weighted by Gasteiger charge is -2.35. The van der Waals surface area contributed by atoms with Crippen LogP contribution in [0.4, 0.5) is 15.8 Å². The van der Waals surface area contributed by atoms with Gasteiger partial charge in [-0.25, -0.2) is 4.39 Å². The number of hydrogen-bond acceptors (Lipinski definition) is 6. The maximum atomic E-state index is 13.9. The zero-order valence-corrected chi connectivity index (χ0v) is 16.1. The number of aromatic nitrogens is 2. The molecule has 1 unspecified atom stereocenters. The number of hydrogen-bond donors (Lipinski definition) is 0. The molecule has 0 N–H and O–H groups in total. The van der Waals surface area contributed by atoms with Crippen molar-refractivity contribution in [3.05, 3.63) is 59.7 Å². The minimum atomic E-state index is -0.809. The van der Waals surface area contributed by atoms with Crippen LogP contribution < -0.4 is 9.80 Å². The van der Waals surface area contributed by atoms with E-state index in [1.165, 1.54) is 11.8 Å². The number of nitrogens with zero attached hydrogens (tertiary/aromatic N) is 5. The largest absolute Gasteiger partial charge is 0.317 e. The topological polar surface area (TPSA) is 52.6 Å². The van der Waals surface area contributed by atoms with Gasteiger partial charge in [-0.3, -0.25) is 19.7 Å². The molecule has 2 aromatic heterocycles. The molecular formula is C20H20FN5OS. The molecule has 2 aromatic rings. The first-order valence-electron chi connectivity index (χ1n) is 9.41. The third-order valence-electron chi connectivity index (χ3n) is 5.36. The van der Waals surface area contributed by atoms with Crippen molar-refractivity contribution in [2.24, 2.45) is 0 Å². The monoisotopic (exact) mass is 397 g/mol. The Hall–Kier alpha value is -2.45. The van der Waals surface area contributed by atoms with E-state index in [0.717, 1.165) is 28.4 Å². The molecule has 1 saturated heterocycles. The smallest absolute Gasteiger partial charge is 0.266 e. The number of anilines is 2. The molecule has 8 heteroatoms. The number of amides is 1. The predicted molar refractivity (Wildman–Crippen MR) is 107 cm³/mol. The Balaban J connectivity index is 1.51. The normalized spacial score (nSPS) is 25.5. The minimum absolute atomic E-state index is 0.00774. The molecule has 0 saturated carbocycles. The fraction of sp³-hybridized carbons (Fsp3) is 0.350. The Labute approximate surface area is 167 Å². The van der Waals surface area contributed by atoms with Gasteiger partial charge in [0.15, 0.2) is 0 Å². The van der Waals surface area contributed by atoms with Gasteiger partial charge in [-0.1, -0.05) is 11.8 Å². The lowest BCUT2D eigenvalue weighted by molar-refractivity contribution is -0.114. The van der Waals surface area contributed by atoms with Crippen LogP contribution in [-0.4, -0.2) is 52.1 Å². The third kappa shape index (κ3) is 2.97. The molecule has 0 spiro atoms. The number of carbonyl (C=O) groups is 1. The van der Waals surface area contributed by atoms with E-state index in [0.29, 0.717) is 26.1 Å². The molecule has 3 aliphatic rings. The highest BCUT2D eigenvalue weighted by Gasteiger charge is 2.45. The molecule has 28 heavy (non-hydrogen) atoms. The van der Waals surface area contributed by atoms with Crippen LogP contribution in [0.1, 0.15) is 12.8 Å². The van der Waals surface area contributed by atoms with Gasteiger partial charge in [0.2, 0.25) is 0 Å². The fourth-order valence-electron chi connectivity index (χ4n) is 4.04. The number of likely N-dealkylation sites (tertiary alicyclic amines) is 1. The summed E-state index contributed by atoms with van der Waals surface area (Å²) in [7, 11) is 0. The van der Waals surface area contributed by atoms with Crippen molar-refractivity contribution in [2.45, 2.75) is 24.5 Å². The van der Waals surface area contributed by atoms with Crippen molar-refractivity contribution in [3.8, 4) is 0 Å². The molecule has 1 amide bonds. The predicted octanol–water partition coefficient (Wildman–Crippen LogP) is 3.01. The van der Waals surface area contributed by atoms with Crippen molar-refractivity contribution in [1.82, 2.24) is 14.9 Å². The highest BCUT2D eigenvalue weighted by atomic mass is 32.2. The Morgan fingerprint density at radius 2 is 1.82 bits per heavy atom. The van der Waals surface area contributed by atoms with E-state index >= 15 is 0 Å². The summed E-state index contributed by atoms with van der Waals surface area (Å²) in [6.45, 7) is 1.69. The van der Waals surface area contributed by atoms with Crippen LogP contribution >= 0.6 is 11.8 Å². The zero-order chi connectivity index (χ0) is 19.1. The van der Waals surface area contributed by atoms with Crippen molar-refractivity contribution >= 4 is 29.0 Å². The van der Waals surface area contributed by atoms with Crippen molar-refractivity contribution in [2.75, 3.05) is 29.4 Å². The molecule has 0 aliphatic carbocycles. The second-order valence-corrected chi connectivity index (χ2v) is 8.17. The Morgan fingerprint density at radius 3 is 2.46 bits per heavy atom. The van der Waals surface area contributed by atoms with Gasteiger partial charge in [0.25, 0.3) is 5.91 Å². The first-order chi connectivity index (χ1) is 13.7. The zero-order valence-electron chi connectivity index (χ0n) is 15.2. The average molecular weight is 397 g/mol. The van der Waals surface area contributed by atoms with E-state index in [4.69, 9.17) is 0 Å². The Morgan fingerprint density at radius 1 is 1.07 bits per heavy atom. The lowest BCUT2D eigenvalue weighted by atomic mass is 10.1. The molecule has 2 atom stereocenters. The highest BCUT2D eigenvalue weighted by Crippen LogP contribution is 2.47. The Bertz CT molecular complexity index is 909. The van der Waals surface area contributed by atoms with Crippen LogP contribution in [0.5, 0.6) is 0 Å². The van der Waals surface area contributed by atoms with Crippen LogP contribution in [0.3, 0.4) is 0 Å². The average Bonchev–Trinajstić information content (AvgIpc) is 3.33. The summed E-state index contributed by atoms with van der Waals surface area (Å²) in [6.07, 6.45) is 7.43. The number of rotatable bonds is 3. The van der Waals surface area contributed by atoms with Gasteiger partial charge in [0.1, 0.15) is 11.7 Å². The molecular weight excluding hydrogens is 377 g/mol. The number of carbonyl (C=O) groups excluding carboxylic acids is 1. The van der Waals surface area contributed by atoms with Gasteiger partial charge >= 0.3 is 0 Å². The molecule has 1 fully saturated rings. The van der Waals surface area contributed by atoms with Gasteiger partial charge in [0, 0.05) is 44.1 Å². The maximum absolute atomic E-state index is 13.9. The molecule has 144 valence electrons. The third-order valence-corrected chi connectivity index (χ3v) is 6.73. The minimum Gasteiger partial charge on any atom is -0.317 e. The summed E-state index contributed by atoms with van der Waals surface area (Å²) < 4.78 is 13.9. The molecule has 0 radical (unpaired) electrons. The van der Waals surface area contributed by atoms with E-state index in [1.807, 2.05) is 30.5 Å². The summed E-state index contributed by atoms with van der Waals surface area (Å²) >= 11 is 1.53. The van der Waals surface area contributed by atoms with Crippen LogP contribution in [0, 0.1) is 0 Å². The molecule has 5 rings (SSSR count). The van der Waals surface area contributed by atoms with E-state index in [-0.39, 0.29) is 11.4 Å². The summed E-state index contributed by atoms with van der Waals surface area (Å²) in [4.78, 5) is 28.5. The molecule has 0 bridgehead atoms. The summed E-state index contributed by atoms with van der Waals surface area (Å²) in [6, 6.07) is 7.63. The van der Waals surface area contributed by atoms with Gasteiger partial charge < -0.3 is 9.80 Å². The molecule has 0 aromatic carbocycles. The second-order valence-electron chi connectivity index (χ2n) is 7.10. The van der Waals surface area contributed by atoms with Crippen LogP contribution in [-0.2, 0) is 4.79 Å². The lowest BCUT2D eigenvalue weighted by Crippen LogP contribution is -2.43. The van der Waals surface area contributed by atoms with Gasteiger partial charge in [-0.15, -0.1) is 0 Å². The molecule has 5 heterocycles. The van der Waals surface area contributed by atoms with E-state index in [2.05, 4.69) is 19.8 Å². The first kappa shape index (κ1) is 17.6. The number of alkyl halides is 1. The SMILES string of the molecule is O=C1C2=C(CCN1c1cccnc1)N(c1cccnc1)C(N1CC[C@@H](F)C1)S2. The quantitative estimate of drug-likeness (QED) is 0.794. The first-order valence-corrected chi connectivity index (χ1v) is 10.3.